The van der Waals surface area contributed by atoms with Gasteiger partial charge in [0.05, 0.1) is 11.7 Å². The summed E-state index contributed by atoms with van der Waals surface area (Å²) in [6.07, 6.45) is 2.18. The summed E-state index contributed by atoms with van der Waals surface area (Å²) in [4.78, 5) is 11.1. The maximum Gasteiger partial charge on any atom is 0.337 e. The number of benzene rings is 1. The Morgan fingerprint density at radius 2 is 2.18 bits per heavy atom. The molecule has 0 atom stereocenters. The van der Waals surface area contributed by atoms with E-state index in [1.54, 1.807) is 13.2 Å². The molecular formula is C13H17NO3. The Hall–Kier alpha value is -1.55. The Bertz CT molecular complexity index is 425. The number of hydrogen-bond acceptors (Lipinski definition) is 3. The van der Waals surface area contributed by atoms with Crippen molar-refractivity contribution in [2.75, 3.05) is 12.4 Å². The highest BCUT2D eigenvalue weighted by Gasteiger charge is 2.29. The SMILES string of the molecule is COC1CC(Nc2ccc(C)cc2C(=O)O)C1. The van der Waals surface area contributed by atoms with Crippen LogP contribution in [-0.2, 0) is 4.74 Å². The molecular weight excluding hydrogens is 218 g/mol. The van der Waals surface area contributed by atoms with Crippen LogP contribution in [0.3, 0.4) is 0 Å². The highest BCUT2D eigenvalue weighted by atomic mass is 16.5. The number of ether oxygens (including phenoxy) is 1. The van der Waals surface area contributed by atoms with Crippen LogP contribution in [0.15, 0.2) is 18.2 Å². The zero-order chi connectivity index (χ0) is 12.4. The van der Waals surface area contributed by atoms with E-state index in [2.05, 4.69) is 5.32 Å². The molecule has 1 aromatic rings. The van der Waals surface area contributed by atoms with Crippen LogP contribution in [0.4, 0.5) is 5.69 Å². The monoisotopic (exact) mass is 235 g/mol. The van der Waals surface area contributed by atoms with Gasteiger partial charge in [-0.05, 0) is 31.9 Å². The van der Waals surface area contributed by atoms with Gasteiger partial charge in [0.15, 0.2) is 0 Å². The number of carbonyl (C=O) groups is 1. The molecule has 0 radical (unpaired) electrons. The average Bonchev–Trinajstić information content (AvgIpc) is 2.24. The van der Waals surface area contributed by atoms with Crippen LogP contribution >= 0.6 is 0 Å². The van der Waals surface area contributed by atoms with Crippen molar-refractivity contribution >= 4 is 11.7 Å². The molecule has 0 bridgehead atoms. The van der Waals surface area contributed by atoms with E-state index in [4.69, 9.17) is 9.84 Å². The fraction of sp³-hybridized carbons (Fsp3) is 0.462. The number of hydrogen-bond donors (Lipinski definition) is 2. The number of methoxy groups -OCH3 is 1. The minimum Gasteiger partial charge on any atom is -0.478 e. The molecule has 92 valence electrons. The highest BCUT2D eigenvalue weighted by molar-refractivity contribution is 5.94. The van der Waals surface area contributed by atoms with Gasteiger partial charge in [-0.2, -0.15) is 0 Å². The molecule has 0 spiro atoms. The van der Waals surface area contributed by atoms with E-state index in [1.807, 2.05) is 19.1 Å². The summed E-state index contributed by atoms with van der Waals surface area (Å²) < 4.78 is 5.19. The van der Waals surface area contributed by atoms with Gasteiger partial charge >= 0.3 is 5.97 Å². The minimum absolute atomic E-state index is 0.311. The normalized spacial score (nSPS) is 22.9. The van der Waals surface area contributed by atoms with Crippen molar-refractivity contribution in [1.29, 1.82) is 0 Å². The van der Waals surface area contributed by atoms with Gasteiger partial charge < -0.3 is 15.2 Å². The van der Waals surface area contributed by atoms with E-state index in [1.165, 1.54) is 0 Å². The lowest BCUT2D eigenvalue weighted by Crippen LogP contribution is -2.40. The van der Waals surface area contributed by atoms with Gasteiger partial charge in [-0.25, -0.2) is 4.79 Å². The molecule has 0 unspecified atom stereocenters. The zero-order valence-electron chi connectivity index (χ0n) is 10.1. The molecule has 1 fully saturated rings. The lowest BCUT2D eigenvalue weighted by Gasteiger charge is -2.35. The van der Waals surface area contributed by atoms with E-state index < -0.39 is 5.97 Å². The van der Waals surface area contributed by atoms with Crippen LogP contribution in [0, 0.1) is 6.92 Å². The highest BCUT2D eigenvalue weighted by Crippen LogP contribution is 2.28. The van der Waals surface area contributed by atoms with Crippen LogP contribution in [0.2, 0.25) is 0 Å². The van der Waals surface area contributed by atoms with Crippen molar-refractivity contribution in [1.82, 2.24) is 0 Å². The second kappa shape index (κ2) is 4.75. The number of anilines is 1. The van der Waals surface area contributed by atoms with Crippen LogP contribution in [-0.4, -0.2) is 30.3 Å². The third kappa shape index (κ3) is 2.58. The number of carboxylic acid groups (broad SMARTS) is 1. The second-order valence-electron chi connectivity index (χ2n) is 4.52. The van der Waals surface area contributed by atoms with E-state index in [0.29, 0.717) is 23.4 Å². The lowest BCUT2D eigenvalue weighted by atomic mass is 9.89. The third-order valence-corrected chi connectivity index (χ3v) is 3.19. The lowest BCUT2D eigenvalue weighted by molar-refractivity contribution is 0.0328. The van der Waals surface area contributed by atoms with E-state index in [-0.39, 0.29) is 0 Å². The molecule has 2 N–H and O–H groups in total. The molecule has 4 heteroatoms. The first kappa shape index (κ1) is 11.9. The summed E-state index contributed by atoms with van der Waals surface area (Å²) in [7, 11) is 1.70. The maximum absolute atomic E-state index is 11.1. The van der Waals surface area contributed by atoms with Gasteiger partial charge in [0.2, 0.25) is 0 Å². The van der Waals surface area contributed by atoms with E-state index in [0.717, 1.165) is 18.4 Å². The number of aromatic carboxylic acids is 1. The molecule has 17 heavy (non-hydrogen) atoms. The fourth-order valence-electron chi connectivity index (χ4n) is 2.06. The molecule has 0 aromatic heterocycles. The standard InChI is InChI=1S/C13H17NO3/c1-8-3-4-12(11(5-8)13(15)16)14-9-6-10(7-9)17-2/h3-5,9-10,14H,6-7H2,1-2H3,(H,15,16). The maximum atomic E-state index is 11.1. The smallest absolute Gasteiger partial charge is 0.337 e. The summed E-state index contributed by atoms with van der Waals surface area (Å²) in [6, 6.07) is 5.76. The zero-order valence-corrected chi connectivity index (χ0v) is 10.1. The number of aryl methyl sites for hydroxylation is 1. The molecule has 1 aliphatic carbocycles. The molecule has 0 saturated heterocycles. The van der Waals surface area contributed by atoms with Crippen molar-refractivity contribution in [3.8, 4) is 0 Å². The first-order valence-electron chi connectivity index (χ1n) is 5.73. The number of carboxylic acids is 1. The molecule has 2 rings (SSSR count). The Labute approximate surface area is 101 Å². The van der Waals surface area contributed by atoms with Gasteiger partial charge in [0.25, 0.3) is 0 Å². The minimum atomic E-state index is -0.890. The van der Waals surface area contributed by atoms with Gasteiger partial charge in [-0.3, -0.25) is 0 Å². The van der Waals surface area contributed by atoms with Gasteiger partial charge in [0.1, 0.15) is 0 Å². The predicted molar refractivity (Wildman–Crippen MR) is 65.6 cm³/mol. The number of nitrogens with one attached hydrogen (secondary N) is 1. The predicted octanol–water partition coefficient (Wildman–Crippen LogP) is 2.28. The van der Waals surface area contributed by atoms with Gasteiger partial charge in [-0.15, -0.1) is 0 Å². The van der Waals surface area contributed by atoms with Crippen LogP contribution in [0.1, 0.15) is 28.8 Å². The first-order valence-corrected chi connectivity index (χ1v) is 5.73. The molecule has 1 saturated carbocycles. The van der Waals surface area contributed by atoms with Gasteiger partial charge in [0, 0.05) is 18.8 Å². The summed E-state index contributed by atoms with van der Waals surface area (Å²) in [5.74, 6) is -0.890. The van der Waals surface area contributed by atoms with Gasteiger partial charge in [-0.1, -0.05) is 11.6 Å². The van der Waals surface area contributed by atoms with Crippen molar-refractivity contribution in [2.45, 2.75) is 31.9 Å². The van der Waals surface area contributed by atoms with Crippen LogP contribution in [0.5, 0.6) is 0 Å². The quantitative estimate of drug-likeness (QED) is 0.840. The number of rotatable bonds is 4. The molecule has 4 nitrogen and oxygen atoms in total. The summed E-state index contributed by atoms with van der Waals surface area (Å²) >= 11 is 0. The topological polar surface area (TPSA) is 58.6 Å². The van der Waals surface area contributed by atoms with Crippen molar-refractivity contribution in [2.24, 2.45) is 0 Å². The average molecular weight is 235 g/mol. The summed E-state index contributed by atoms with van der Waals surface area (Å²) in [5.41, 5.74) is 1.99. The summed E-state index contributed by atoms with van der Waals surface area (Å²) in [5, 5.41) is 12.4. The van der Waals surface area contributed by atoms with E-state index >= 15 is 0 Å². The Morgan fingerprint density at radius 1 is 1.47 bits per heavy atom. The van der Waals surface area contributed by atoms with Crippen molar-refractivity contribution in [3.63, 3.8) is 0 Å². The molecule has 0 amide bonds. The Morgan fingerprint density at radius 3 is 2.76 bits per heavy atom. The fourth-order valence-corrected chi connectivity index (χ4v) is 2.06. The largest absolute Gasteiger partial charge is 0.478 e. The molecule has 1 aromatic carbocycles. The molecule has 0 heterocycles. The second-order valence-corrected chi connectivity index (χ2v) is 4.52. The Kier molecular flexibility index (Phi) is 3.33. The Balaban J connectivity index is 2.08. The first-order chi connectivity index (χ1) is 8.10. The summed E-state index contributed by atoms with van der Waals surface area (Å²) in [6.45, 7) is 1.89. The molecule has 0 aliphatic heterocycles. The van der Waals surface area contributed by atoms with E-state index in [9.17, 15) is 4.79 Å². The van der Waals surface area contributed by atoms with Crippen molar-refractivity contribution < 1.29 is 14.6 Å². The van der Waals surface area contributed by atoms with Crippen molar-refractivity contribution in [3.05, 3.63) is 29.3 Å². The van der Waals surface area contributed by atoms with Crippen LogP contribution in [0.25, 0.3) is 0 Å². The van der Waals surface area contributed by atoms with Crippen LogP contribution < -0.4 is 5.32 Å². The molecule has 1 aliphatic rings. The third-order valence-electron chi connectivity index (χ3n) is 3.19.